The maximum atomic E-state index is 13.0. The first-order chi connectivity index (χ1) is 16.9. The van der Waals surface area contributed by atoms with Gasteiger partial charge < -0.3 is 10.2 Å². The van der Waals surface area contributed by atoms with E-state index in [0.717, 1.165) is 11.4 Å². The number of nitrogens with one attached hydrogen (secondary N) is 1. The quantitative estimate of drug-likeness (QED) is 0.493. The summed E-state index contributed by atoms with van der Waals surface area (Å²) >= 11 is 5.91. The molecule has 1 amide bonds. The molecule has 4 rings (SSSR count). The summed E-state index contributed by atoms with van der Waals surface area (Å²) in [6.45, 7) is 4.01. The molecule has 184 valence electrons. The number of carbonyl (C=O) groups is 1. The van der Waals surface area contributed by atoms with Crippen LogP contribution in [0.5, 0.6) is 0 Å². The molecule has 1 fully saturated rings. The Morgan fingerprint density at radius 2 is 1.74 bits per heavy atom. The number of carbonyl (C=O) groups excluding carboxylic acids is 1. The SMILES string of the molecule is CC[C@@H](C(=O)Nc1ccc(N2CCCN(S(=O)(=O)c3ccc(Cl)cc3)CC2)nc1)c1ccccc1. The van der Waals surface area contributed by atoms with Crippen molar-refractivity contribution in [2.24, 2.45) is 0 Å². The number of hydrogen-bond donors (Lipinski definition) is 1. The summed E-state index contributed by atoms with van der Waals surface area (Å²) in [7, 11) is -3.58. The van der Waals surface area contributed by atoms with Crippen molar-refractivity contribution in [3.8, 4) is 0 Å². The van der Waals surface area contributed by atoms with E-state index in [4.69, 9.17) is 11.6 Å². The zero-order valence-electron chi connectivity index (χ0n) is 19.6. The Bertz CT molecular complexity index is 1240. The molecule has 1 aromatic heterocycles. The van der Waals surface area contributed by atoms with Gasteiger partial charge in [0.05, 0.1) is 22.7 Å². The molecule has 1 N–H and O–H groups in total. The van der Waals surface area contributed by atoms with Crippen LogP contribution >= 0.6 is 11.6 Å². The van der Waals surface area contributed by atoms with Gasteiger partial charge in [0.1, 0.15) is 5.82 Å². The second-order valence-corrected chi connectivity index (χ2v) is 10.8. The van der Waals surface area contributed by atoms with Crippen LogP contribution in [0.15, 0.2) is 77.8 Å². The third-order valence-corrected chi connectivity index (χ3v) is 8.34. The smallest absolute Gasteiger partial charge is 0.243 e. The Balaban J connectivity index is 1.39. The first-order valence-corrected chi connectivity index (χ1v) is 13.5. The second-order valence-electron chi connectivity index (χ2n) is 8.46. The maximum Gasteiger partial charge on any atom is 0.243 e. The van der Waals surface area contributed by atoms with Crippen LogP contribution < -0.4 is 10.2 Å². The number of anilines is 2. The number of aromatic nitrogens is 1. The minimum absolute atomic E-state index is 0.0638. The van der Waals surface area contributed by atoms with Gasteiger partial charge in [-0.2, -0.15) is 4.31 Å². The first-order valence-electron chi connectivity index (χ1n) is 11.7. The largest absolute Gasteiger partial charge is 0.355 e. The molecule has 35 heavy (non-hydrogen) atoms. The molecule has 0 saturated carbocycles. The molecule has 7 nitrogen and oxygen atoms in total. The number of halogens is 1. The molecule has 1 aliphatic heterocycles. The topological polar surface area (TPSA) is 82.6 Å². The summed E-state index contributed by atoms with van der Waals surface area (Å²) in [4.78, 5) is 19.7. The zero-order valence-corrected chi connectivity index (χ0v) is 21.2. The van der Waals surface area contributed by atoms with E-state index >= 15 is 0 Å². The number of hydrogen-bond acceptors (Lipinski definition) is 5. The molecule has 0 bridgehead atoms. The highest BCUT2D eigenvalue weighted by Crippen LogP contribution is 2.24. The van der Waals surface area contributed by atoms with Gasteiger partial charge in [-0.15, -0.1) is 0 Å². The molecule has 0 spiro atoms. The first kappa shape index (κ1) is 25.2. The molecule has 2 aromatic carbocycles. The van der Waals surface area contributed by atoms with E-state index in [1.807, 2.05) is 49.4 Å². The van der Waals surface area contributed by atoms with Crippen molar-refractivity contribution in [3.63, 3.8) is 0 Å². The van der Waals surface area contributed by atoms with Gasteiger partial charge in [-0.1, -0.05) is 48.9 Å². The summed E-state index contributed by atoms with van der Waals surface area (Å²) in [6, 6.07) is 19.7. The fourth-order valence-electron chi connectivity index (χ4n) is 4.25. The highest BCUT2D eigenvalue weighted by Gasteiger charge is 2.27. The van der Waals surface area contributed by atoms with Gasteiger partial charge in [0.15, 0.2) is 0 Å². The molecule has 1 aliphatic rings. The van der Waals surface area contributed by atoms with Crippen LogP contribution in [0.25, 0.3) is 0 Å². The maximum absolute atomic E-state index is 13.0. The van der Waals surface area contributed by atoms with Crippen LogP contribution in [0.4, 0.5) is 11.5 Å². The van der Waals surface area contributed by atoms with Gasteiger partial charge in [-0.05, 0) is 54.8 Å². The normalized spacial score (nSPS) is 15.9. The van der Waals surface area contributed by atoms with Crippen LogP contribution in [-0.2, 0) is 14.8 Å². The van der Waals surface area contributed by atoms with E-state index in [2.05, 4.69) is 15.2 Å². The van der Waals surface area contributed by atoms with Crippen molar-refractivity contribution in [1.82, 2.24) is 9.29 Å². The zero-order chi connectivity index (χ0) is 24.8. The molecule has 0 radical (unpaired) electrons. The lowest BCUT2D eigenvalue weighted by Crippen LogP contribution is -2.35. The Morgan fingerprint density at radius 1 is 1.00 bits per heavy atom. The minimum atomic E-state index is -3.58. The second kappa shape index (κ2) is 11.2. The summed E-state index contributed by atoms with van der Waals surface area (Å²) < 4.78 is 27.6. The molecule has 9 heteroatoms. The molecule has 3 aromatic rings. The Hall–Kier alpha value is -2.94. The number of nitrogens with zero attached hydrogens (tertiary/aromatic N) is 3. The number of amides is 1. The van der Waals surface area contributed by atoms with Gasteiger partial charge in [0.2, 0.25) is 15.9 Å². The van der Waals surface area contributed by atoms with Crippen LogP contribution in [0, 0.1) is 0 Å². The van der Waals surface area contributed by atoms with E-state index in [0.29, 0.717) is 49.7 Å². The van der Waals surface area contributed by atoms with Gasteiger partial charge in [0, 0.05) is 31.2 Å². The summed E-state index contributed by atoms with van der Waals surface area (Å²) in [6.07, 6.45) is 3.03. The van der Waals surface area contributed by atoms with Gasteiger partial charge in [-0.3, -0.25) is 4.79 Å². The van der Waals surface area contributed by atoms with E-state index in [1.165, 1.54) is 16.4 Å². The Kier molecular flexibility index (Phi) is 8.05. The Morgan fingerprint density at radius 3 is 2.40 bits per heavy atom. The van der Waals surface area contributed by atoms with Crippen molar-refractivity contribution in [3.05, 3.63) is 83.5 Å². The lowest BCUT2D eigenvalue weighted by Gasteiger charge is -2.23. The van der Waals surface area contributed by atoms with Crippen molar-refractivity contribution in [2.45, 2.75) is 30.6 Å². The standard InChI is InChI=1S/C26H29ClN4O3S/c1-2-24(20-7-4-3-5-8-20)26(32)29-22-11-14-25(28-19-22)30-15-6-16-31(18-17-30)35(33,34)23-12-9-21(27)10-13-23/h3-5,7-14,19,24H,2,6,15-18H2,1H3,(H,29,32)/t24-/m1/s1. The van der Waals surface area contributed by atoms with Gasteiger partial charge >= 0.3 is 0 Å². The average molecular weight is 513 g/mol. The van der Waals surface area contributed by atoms with E-state index in [9.17, 15) is 13.2 Å². The van der Waals surface area contributed by atoms with E-state index in [1.54, 1.807) is 18.3 Å². The van der Waals surface area contributed by atoms with Crippen molar-refractivity contribution < 1.29 is 13.2 Å². The summed E-state index contributed by atoms with van der Waals surface area (Å²) in [5.41, 5.74) is 1.62. The predicted molar refractivity (Wildman–Crippen MR) is 139 cm³/mol. The molecular formula is C26H29ClN4O3S. The van der Waals surface area contributed by atoms with Gasteiger partial charge in [-0.25, -0.2) is 13.4 Å². The number of pyridine rings is 1. The highest BCUT2D eigenvalue weighted by molar-refractivity contribution is 7.89. The minimum Gasteiger partial charge on any atom is -0.355 e. The molecule has 1 saturated heterocycles. The van der Waals surface area contributed by atoms with E-state index < -0.39 is 10.0 Å². The molecular weight excluding hydrogens is 484 g/mol. The molecule has 1 atom stereocenters. The third-order valence-electron chi connectivity index (χ3n) is 6.17. The van der Waals surface area contributed by atoms with Crippen LogP contribution in [0.3, 0.4) is 0 Å². The summed E-state index contributed by atoms with van der Waals surface area (Å²) in [5.74, 6) is 0.463. The fraction of sp³-hybridized carbons (Fsp3) is 0.308. The van der Waals surface area contributed by atoms with Crippen molar-refractivity contribution >= 4 is 39.0 Å². The van der Waals surface area contributed by atoms with Crippen molar-refractivity contribution in [2.75, 3.05) is 36.4 Å². The lowest BCUT2D eigenvalue weighted by molar-refractivity contribution is -0.117. The number of benzene rings is 2. The Labute approximate surface area is 211 Å². The van der Waals surface area contributed by atoms with E-state index in [-0.39, 0.29) is 16.7 Å². The fourth-order valence-corrected chi connectivity index (χ4v) is 5.85. The predicted octanol–water partition coefficient (Wildman–Crippen LogP) is 4.77. The lowest BCUT2D eigenvalue weighted by atomic mass is 9.95. The summed E-state index contributed by atoms with van der Waals surface area (Å²) in [5, 5.41) is 3.47. The molecule has 2 heterocycles. The molecule has 0 aliphatic carbocycles. The average Bonchev–Trinajstić information content (AvgIpc) is 3.13. The highest BCUT2D eigenvalue weighted by atomic mass is 35.5. The number of sulfonamides is 1. The van der Waals surface area contributed by atoms with Crippen LogP contribution in [0.2, 0.25) is 5.02 Å². The van der Waals surface area contributed by atoms with Crippen LogP contribution in [0.1, 0.15) is 31.2 Å². The third kappa shape index (κ3) is 6.01. The monoisotopic (exact) mass is 512 g/mol. The molecule has 0 unspecified atom stereocenters. The van der Waals surface area contributed by atoms with Gasteiger partial charge in [0.25, 0.3) is 0 Å². The number of rotatable bonds is 7. The van der Waals surface area contributed by atoms with Crippen LogP contribution in [-0.4, -0.2) is 49.8 Å². The van der Waals surface area contributed by atoms with Crippen molar-refractivity contribution in [1.29, 1.82) is 0 Å².